The molecule has 0 aromatic heterocycles. The van der Waals surface area contributed by atoms with E-state index in [0.717, 1.165) is 49.4 Å². The lowest BCUT2D eigenvalue weighted by Crippen LogP contribution is -2.58. The first-order valence-corrected chi connectivity index (χ1v) is 11.6. The number of ether oxygens (including phenoxy) is 2. The summed E-state index contributed by atoms with van der Waals surface area (Å²) in [5.41, 5.74) is 4.79. The average molecular weight is 449 g/mol. The van der Waals surface area contributed by atoms with Gasteiger partial charge in [0.15, 0.2) is 0 Å². The minimum absolute atomic E-state index is 0.0894. The number of carbonyl (C=O) groups excluding carboxylic acids is 2. The molecule has 4 rings (SSSR count). The molecule has 0 radical (unpaired) electrons. The zero-order valence-corrected chi connectivity index (χ0v) is 19.6. The van der Waals surface area contributed by atoms with Crippen molar-refractivity contribution in [2.24, 2.45) is 0 Å². The van der Waals surface area contributed by atoms with Gasteiger partial charge in [-0.05, 0) is 61.2 Å². The van der Waals surface area contributed by atoms with Gasteiger partial charge in [-0.2, -0.15) is 0 Å². The monoisotopic (exact) mass is 448 g/mol. The second-order valence-corrected chi connectivity index (χ2v) is 8.93. The van der Waals surface area contributed by atoms with Gasteiger partial charge in [0.25, 0.3) is 5.91 Å². The molecule has 1 saturated heterocycles. The molecule has 6 heteroatoms. The predicted molar refractivity (Wildman–Crippen MR) is 128 cm³/mol. The van der Waals surface area contributed by atoms with E-state index >= 15 is 0 Å². The fraction of sp³-hybridized carbons (Fsp3) is 0.407. The van der Waals surface area contributed by atoms with Crippen molar-refractivity contribution in [1.82, 2.24) is 9.80 Å². The maximum Gasteiger partial charge on any atom is 0.337 e. The zero-order chi connectivity index (χ0) is 23.4. The number of rotatable bonds is 5. The molecule has 0 N–H and O–H groups in total. The third kappa shape index (κ3) is 5.34. The molecule has 0 unspecified atom stereocenters. The number of methoxy groups -OCH3 is 1. The third-order valence-corrected chi connectivity index (χ3v) is 6.45. The number of benzene rings is 2. The summed E-state index contributed by atoms with van der Waals surface area (Å²) in [6.45, 7) is 7.98. The molecule has 33 heavy (non-hydrogen) atoms. The quantitative estimate of drug-likeness (QED) is 0.647. The molecule has 174 valence electrons. The minimum atomic E-state index is -0.326. The molecule has 2 heterocycles. The van der Waals surface area contributed by atoms with Crippen molar-refractivity contribution in [3.05, 3.63) is 76.9 Å². The predicted octanol–water partition coefficient (Wildman–Crippen LogP) is 4.01. The Balaban J connectivity index is 1.42. The molecule has 2 aliphatic heterocycles. The summed E-state index contributed by atoms with van der Waals surface area (Å²) in [5.74, 6) is -0.236. The Morgan fingerprint density at radius 2 is 1.76 bits per heavy atom. The molecule has 6 nitrogen and oxygen atoms in total. The van der Waals surface area contributed by atoms with Gasteiger partial charge in [0, 0.05) is 37.3 Å². The van der Waals surface area contributed by atoms with Crippen LogP contribution in [-0.2, 0) is 16.0 Å². The summed E-state index contributed by atoms with van der Waals surface area (Å²) in [6.07, 6.45) is 2.98. The fourth-order valence-electron chi connectivity index (χ4n) is 4.87. The van der Waals surface area contributed by atoms with Gasteiger partial charge in [-0.15, -0.1) is 0 Å². The van der Waals surface area contributed by atoms with E-state index in [1.165, 1.54) is 12.7 Å². The highest BCUT2D eigenvalue weighted by Gasteiger charge is 2.33. The maximum absolute atomic E-state index is 13.5. The Morgan fingerprint density at radius 3 is 2.39 bits per heavy atom. The fourth-order valence-corrected chi connectivity index (χ4v) is 4.87. The lowest BCUT2D eigenvalue weighted by molar-refractivity contribution is 0.0268. The molecule has 2 aromatic carbocycles. The van der Waals surface area contributed by atoms with Crippen LogP contribution < -0.4 is 0 Å². The van der Waals surface area contributed by atoms with Gasteiger partial charge in [0.05, 0.1) is 25.9 Å². The summed E-state index contributed by atoms with van der Waals surface area (Å²) < 4.78 is 10.2. The van der Waals surface area contributed by atoms with Crippen LogP contribution in [0.5, 0.6) is 0 Å². The van der Waals surface area contributed by atoms with Gasteiger partial charge >= 0.3 is 5.97 Å². The molecule has 1 amide bonds. The number of carbonyl (C=O) groups is 2. The Labute approximate surface area is 195 Å². The summed E-state index contributed by atoms with van der Waals surface area (Å²) >= 11 is 0. The number of hydrogen-bond donors (Lipinski definition) is 0. The molecular formula is C27H32N2O4. The van der Waals surface area contributed by atoms with E-state index in [2.05, 4.69) is 30.9 Å². The van der Waals surface area contributed by atoms with Gasteiger partial charge < -0.3 is 14.4 Å². The molecule has 2 atom stereocenters. The smallest absolute Gasteiger partial charge is 0.337 e. The lowest BCUT2D eigenvalue weighted by atomic mass is 9.98. The van der Waals surface area contributed by atoms with E-state index in [1.807, 2.05) is 35.2 Å². The second-order valence-electron chi connectivity index (χ2n) is 8.93. The summed E-state index contributed by atoms with van der Waals surface area (Å²) in [5, 5.41) is 0. The highest BCUT2D eigenvalue weighted by molar-refractivity contribution is 5.95. The highest BCUT2D eigenvalue weighted by Crippen LogP contribution is 2.25. The Bertz CT molecular complexity index is 1020. The van der Waals surface area contributed by atoms with E-state index in [9.17, 15) is 9.59 Å². The first-order chi connectivity index (χ1) is 16.0. The van der Waals surface area contributed by atoms with E-state index in [4.69, 9.17) is 9.47 Å². The van der Waals surface area contributed by atoms with Crippen LogP contribution in [0.15, 0.2) is 54.6 Å². The number of piperazine rings is 1. The van der Waals surface area contributed by atoms with Crippen molar-refractivity contribution in [3.8, 4) is 0 Å². The van der Waals surface area contributed by atoms with E-state index < -0.39 is 0 Å². The van der Waals surface area contributed by atoms with Crippen molar-refractivity contribution in [1.29, 1.82) is 0 Å². The molecule has 2 aliphatic rings. The van der Waals surface area contributed by atoms with Crippen LogP contribution in [0, 0.1) is 0 Å². The van der Waals surface area contributed by atoms with E-state index in [1.54, 1.807) is 12.1 Å². The van der Waals surface area contributed by atoms with Gasteiger partial charge in [0.1, 0.15) is 0 Å². The summed E-state index contributed by atoms with van der Waals surface area (Å²) in [6, 6.07) is 15.7. The van der Waals surface area contributed by atoms with Crippen molar-refractivity contribution in [3.63, 3.8) is 0 Å². The lowest BCUT2D eigenvalue weighted by Gasteiger charge is -2.44. The first kappa shape index (κ1) is 23.2. The average Bonchev–Trinajstić information content (AvgIpc) is 2.84. The summed E-state index contributed by atoms with van der Waals surface area (Å²) in [4.78, 5) is 29.5. The maximum atomic E-state index is 13.5. The van der Waals surface area contributed by atoms with Crippen LogP contribution in [-0.4, -0.2) is 67.2 Å². The number of nitrogens with zero attached hydrogens (tertiary/aromatic N) is 2. The molecule has 2 aromatic rings. The van der Waals surface area contributed by atoms with Gasteiger partial charge in [0.2, 0.25) is 0 Å². The molecule has 0 saturated carbocycles. The first-order valence-electron chi connectivity index (χ1n) is 11.6. The molecular weight excluding hydrogens is 416 g/mol. The van der Waals surface area contributed by atoms with Crippen LogP contribution in [0.2, 0.25) is 0 Å². The van der Waals surface area contributed by atoms with E-state index in [-0.39, 0.29) is 24.0 Å². The normalized spacial score (nSPS) is 21.4. The van der Waals surface area contributed by atoms with E-state index in [0.29, 0.717) is 12.2 Å². The largest absolute Gasteiger partial charge is 0.465 e. The minimum Gasteiger partial charge on any atom is -0.465 e. The number of esters is 1. The van der Waals surface area contributed by atoms with Crippen LogP contribution >= 0.6 is 0 Å². The van der Waals surface area contributed by atoms with Crippen LogP contribution in [0.1, 0.15) is 52.1 Å². The van der Waals surface area contributed by atoms with Crippen molar-refractivity contribution >= 4 is 17.4 Å². The zero-order valence-electron chi connectivity index (χ0n) is 19.6. The van der Waals surface area contributed by atoms with Crippen molar-refractivity contribution in [2.45, 2.75) is 38.9 Å². The Hall–Kier alpha value is -2.96. The van der Waals surface area contributed by atoms with Crippen LogP contribution in [0.25, 0.3) is 5.57 Å². The van der Waals surface area contributed by atoms with Crippen molar-refractivity contribution in [2.75, 3.05) is 33.4 Å². The van der Waals surface area contributed by atoms with Crippen LogP contribution in [0.4, 0.5) is 0 Å². The molecule has 0 spiro atoms. The highest BCUT2D eigenvalue weighted by atomic mass is 16.5. The number of amides is 1. The van der Waals surface area contributed by atoms with Gasteiger partial charge in [-0.25, -0.2) is 4.79 Å². The molecule has 0 aliphatic carbocycles. The van der Waals surface area contributed by atoms with Gasteiger partial charge in [-0.1, -0.05) is 30.3 Å². The standard InChI is InChI=1S/C27H32N2O4/c1-19-16-28(18-21-7-9-23(10-8-21)27(31)32-3)17-20(2)29(19)26(30)25-6-4-5-24(15-25)22-11-13-33-14-12-22/h4-11,15,19-20H,12-14,16-18H2,1-3H3/t19-,20+. The van der Waals surface area contributed by atoms with Crippen molar-refractivity contribution < 1.29 is 19.1 Å². The summed E-state index contributed by atoms with van der Waals surface area (Å²) in [7, 11) is 1.39. The second kappa shape index (κ2) is 10.3. The molecule has 1 fully saturated rings. The van der Waals surface area contributed by atoms with Crippen LogP contribution in [0.3, 0.4) is 0 Å². The number of hydrogen-bond acceptors (Lipinski definition) is 5. The van der Waals surface area contributed by atoms with Gasteiger partial charge in [-0.3, -0.25) is 9.69 Å². The molecule has 0 bridgehead atoms. The SMILES string of the molecule is COC(=O)c1ccc(CN2C[C@@H](C)N(C(=O)c3cccc(C4=CCOCC4)c3)[C@@H](C)C2)cc1. The third-order valence-electron chi connectivity index (χ3n) is 6.45. The Morgan fingerprint density at radius 1 is 1.03 bits per heavy atom. The Kier molecular flexibility index (Phi) is 7.26. The topological polar surface area (TPSA) is 59.1 Å².